The lowest BCUT2D eigenvalue weighted by Gasteiger charge is -2.36. The molecule has 0 bridgehead atoms. The van der Waals surface area contributed by atoms with Crippen LogP contribution in [0, 0.1) is 0 Å². The van der Waals surface area contributed by atoms with Crippen LogP contribution in [-0.4, -0.2) is 23.4 Å². The molecule has 23 heavy (non-hydrogen) atoms. The lowest BCUT2D eigenvalue weighted by atomic mass is 9.86. The number of carbonyl (C=O) groups excluding carboxylic acids is 1. The Bertz CT molecular complexity index is 524. The normalized spacial score (nSPS) is 20.1. The Morgan fingerprint density at radius 3 is 2.65 bits per heavy atom. The molecule has 0 aromatic heterocycles. The fourth-order valence-corrected chi connectivity index (χ4v) is 3.91. The maximum atomic E-state index is 12.9. The minimum absolute atomic E-state index is 0.323. The smallest absolute Gasteiger partial charge is 0.223 e. The number of benzene rings is 1. The summed E-state index contributed by atoms with van der Waals surface area (Å²) in [6.45, 7) is 0.765. The van der Waals surface area contributed by atoms with E-state index in [0.29, 0.717) is 24.4 Å². The summed E-state index contributed by atoms with van der Waals surface area (Å²) in [5.41, 5.74) is 8.39. The quantitative estimate of drug-likeness (QED) is 0.738. The second kappa shape index (κ2) is 7.96. The molecule has 3 heteroatoms. The molecule has 0 heterocycles. The molecule has 2 aliphatic rings. The van der Waals surface area contributed by atoms with Crippen LogP contribution in [0.25, 0.3) is 0 Å². The standard InChI is InChI=1S/C20H30N2O/c21-15-6-2-1-3-12-20(23)22(17-13-14-17)19-11-7-9-16-8-4-5-10-18(16)19/h4-5,8,10,17,19H,1-3,6-7,9,11-15,21H2. The first-order chi connectivity index (χ1) is 11.3. The minimum atomic E-state index is 0.323. The van der Waals surface area contributed by atoms with Crippen LogP contribution in [0.4, 0.5) is 0 Å². The molecule has 126 valence electrons. The minimum Gasteiger partial charge on any atom is -0.333 e. The van der Waals surface area contributed by atoms with Crippen LogP contribution in [-0.2, 0) is 11.2 Å². The number of hydrogen-bond donors (Lipinski definition) is 1. The Morgan fingerprint density at radius 1 is 1.09 bits per heavy atom. The van der Waals surface area contributed by atoms with Crippen molar-refractivity contribution in [1.82, 2.24) is 4.90 Å². The highest BCUT2D eigenvalue weighted by molar-refractivity contribution is 5.77. The van der Waals surface area contributed by atoms with E-state index in [4.69, 9.17) is 5.73 Å². The summed E-state index contributed by atoms with van der Waals surface area (Å²) in [6, 6.07) is 9.56. The maximum absolute atomic E-state index is 12.9. The van der Waals surface area contributed by atoms with Gasteiger partial charge in [0.15, 0.2) is 0 Å². The summed E-state index contributed by atoms with van der Waals surface area (Å²) >= 11 is 0. The number of nitrogens with two attached hydrogens (primary N) is 1. The first kappa shape index (κ1) is 16.5. The van der Waals surface area contributed by atoms with Gasteiger partial charge in [-0.25, -0.2) is 0 Å². The van der Waals surface area contributed by atoms with Gasteiger partial charge in [0, 0.05) is 12.5 Å². The largest absolute Gasteiger partial charge is 0.333 e. The van der Waals surface area contributed by atoms with Gasteiger partial charge in [0.2, 0.25) is 5.91 Å². The van der Waals surface area contributed by atoms with Crippen LogP contribution in [0.1, 0.15) is 75.0 Å². The molecule has 1 aromatic carbocycles. The van der Waals surface area contributed by atoms with Crippen molar-refractivity contribution >= 4 is 5.91 Å². The Labute approximate surface area is 140 Å². The highest BCUT2D eigenvalue weighted by Gasteiger charge is 2.38. The molecular weight excluding hydrogens is 284 g/mol. The van der Waals surface area contributed by atoms with Crippen molar-refractivity contribution in [3.8, 4) is 0 Å². The highest BCUT2D eigenvalue weighted by Crippen LogP contribution is 2.41. The molecule has 1 saturated carbocycles. The lowest BCUT2D eigenvalue weighted by molar-refractivity contribution is -0.134. The summed E-state index contributed by atoms with van der Waals surface area (Å²) in [6.07, 6.45) is 11.0. The van der Waals surface area contributed by atoms with E-state index in [9.17, 15) is 4.79 Å². The molecular formula is C20H30N2O. The summed E-state index contributed by atoms with van der Waals surface area (Å²) in [4.78, 5) is 15.1. The van der Waals surface area contributed by atoms with Crippen molar-refractivity contribution in [1.29, 1.82) is 0 Å². The molecule has 1 unspecified atom stereocenters. The number of amides is 1. The van der Waals surface area contributed by atoms with Gasteiger partial charge >= 0.3 is 0 Å². The van der Waals surface area contributed by atoms with Crippen molar-refractivity contribution in [2.45, 2.75) is 76.3 Å². The van der Waals surface area contributed by atoms with Crippen LogP contribution in [0.5, 0.6) is 0 Å². The molecule has 3 rings (SSSR count). The van der Waals surface area contributed by atoms with Gasteiger partial charge in [-0.15, -0.1) is 0 Å². The Hall–Kier alpha value is -1.35. The molecule has 3 nitrogen and oxygen atoms in total. The second-order valence-electron chi connectivity index (χ2n) is 7.09. The first-order valence-corrected chi connectivity index (χ1v) is 9.40. The maximum Gasteiger partial charge on any atom is 0.223 e. The molecule has 2 N–H and O–H groups in total. The van der Waals surface area contributed by atoms with Gasteiger partial charge < -0.3 is 10.6 Å². The molecule has 1 amide bonds. The second-order valence-corrected chi connectivity index (χ2v) is 7.09. The van der Waals surface area contributed by atoms with Crippen molar-refractivity contribution in [3.63, 3.8) is 0 Å². The fourth-order valence-electron chi connectivity index (χ4n) is 3.91. The molecule has 0 spiro atoms. The molecule has 1 aromatic rings. The average Bonchev–Trinajstić information content (AvgIpc) is 3.40. The van der Waals surface area contributed by atoms with Crippen LogP contribution in [0.3, 0.4) is 0 Å². The Morgan fingerprint density at radius 2 is 1.87 bits per heavy atom. The topological polar surface area (TPSA) is 46.3 Å². The van der Waals surface area contributed by atoms with E-state index in [-0.39, 0.29) is 0 Å². The fraction of sp³-hybridized carbons (Fsp3) is 0.650. The third kappa shape index (κ3) is 4.14. The van der Waals surface area contributed by atoms with E-state index in [1.807, 2.05) is 0 Å². The molecule has 0 saturated heterocycles. The number of nitrogens with zero attached hydrogens (tertiary/aromatic N) is 1. The average molecular weight is 314 g/mol. The summed E-state index contributed by atoms with van der Waals surface area (Å²) in [5, 5.41) is 0. The predicted octanol–water partition coefficient (Wildman–Crippen LogP) is 3.96. The zero-order valence-electron chi connectivity index (χ0n) is 14.2. The molecule has 1 atom stereocenters. The highest BCUT2D eigenvalue weighted by atomic mass is 16.2. The molecule has 0 aliphatic heterocycles. The summed E-state index contributed by atoms with van der Waals surface area (Å²) in [7, 11) is 0. The number of fused-ring (bicyclic) bond motifs is 1. The van der Waals surface area contributed by atoms with E-state index in [1.54, 1.807) is 0 Å². The van der Waals surface area contributed by atoms with Crippen LogP contribution in [0.15, 0.2) is 24.3 Å². The van der Waals surface area contributed by atoms with Gasteiger partial charge in [0.05, 0.1) is 6.04 Å². The van der Waals surface area contributed by atoms with Crippen LogP contribution >= 0.6 is 0 Å². The molecule has 2 aliphatic carbocycles. The summed E-state index contributed by atoms with van der Waals surface area (Å²) in [5.74, 6) is 0.377. The molecule has 0 radical (unpaired) electrons. The SMILES string of the molecule is NCCCCCCC(=O)N(C1CC1)C1CCCc2ccccc21. The van der Waals surface area contributed by atoms with Gasteiger partial charge in [-0.05, 0) is 62.6 Å². The molecule has 1 fully saturated rings. The number of aryl methyl sites for hydroxylation is 1. The zero-order valence-corrected chi connectivity index (χ0v) is 14.2. The van der Waals surface area contributed by atoms with Crippen LogP contribution in [0.2, 0.25) is 0 Å². The van der Waals surface area contributed by atoms with Crippen molar-refractivity contribution in [2.24, 2.45) is 5.73 Å². The predicted molar refractivity (Wildman–Crippen MR) is 94.1 cm³/mol. The first-order valence-electron chi connectivity index (χ1n) is 9.40. The van der Waals surface area contributed by atoms with E-state index in [2.05, 4.69) is 29.2 Å². The van der Waals surface area contributed by atoms with Gasteiger partial charge in [0.25, 0.3) is 0 Å². The van der Waals surface area contributed by atoms with Crippen molar-refractivity contribution in [2.75, 3.05) is 6.54 Å². The summed E-state index contributed by atoms with van der Waals surface area (Å²) < 4.78 is 0. The third-order valence-electron chi connectivity index (χ3n) is 5.25. The number of unbranched alkanes of at least 4 members (excludes halogenated alkanes) is 3. The van der Waals surface area contributed by atoms with Crippen molar-refractivity contribution < 1.29 is 4.79 Å². The van der Waals surface area contributed by atoms with Gasteiger partial charge in [-0.1, -0.05) is 37.1 Å². The Kier molecular flexibility index (Phi) is 5.71. The van der Waals surface area contributed by atoms with Gasteiger partial charge in [0.1, 0.15) is 0 Å². The monoisotopic (exact) mass is 314 g/mol. The van der Waals surface area contributed by atoms with E-state index in [0.717, 1.165) is 38.6 Å². The van der Waals surface area contributed by atoms with Gasteiger partial charge in [-0.3, -0.25) is 4.79 Å². The Balaban J connectivity index is 1.64. The van der Waals surface area contributed by atoms with E-state index < -0.39 is 0 Å². The zero-order chi connectivity index (χ0) is 16.1. The van der Waals surface area contributed by atoms with Gasteiger partial charge in [-0.2, -0.15) is 0 Å². The van der Waals surface area contributed by atoms with E-state index in [1.165, 1.54) is 36.8 Å². The van der Waals surface area contributed by atoms with Crippen molar-refractivity contribution in [3.05, 3.63) is 35.4 Å². The lowest BCUT2D eigenvalue weighted by Crippen LogP contribution is -2.38. The third-order valence-corrected chi connectivity index (χ3v) is 5.25. The number of carbonyl (C=O) groups is 1. The van der Waals surface area contributed by atoms with E-state index >= 15 is 0 Å². The number of hydrogen-bond acceptors (Lipinski definition) is 2. The number of rotatable bonds is 8. The van der Waals surface area contributed by atoms with Crippen LogP contribution < -0.4 is 5.73 Å².